The lowest BCUT2D eigenvalue weighted by molar-refractivity contribution is -0.158. The zero-order valence-electron chi connectivity index (χ0n) is 28.3. The SMILES string of the molecule is CC(C)(C)OC(=O)C(CCCCNC(=O)OCc1ccccc1)NC(=O)NC(CCC(=O)OCc1ccccc1)C(=O)OC(C)(C)C. The minimum atomic E-state index is -1.19. The average Bonchev–Trinajstić information content (AvgIpc) is 2.99. The lowest BCUT2D eigenvalue weighted by Gasteiger charge is -2.27. The molecule has 0 aliphatic rings. The number of unbranched alkanes of at least 4 members (excludes halogenated alkanes) is 1. The summed E-state index contributed by atoms with van der Waals surface area (Å²) in [4.78, 5) is 63.5. The number of hydrogen-bond acceptors (Lipinski definition) is 9. The Balaban J connectivity index is 1.94. The Morgan fingerprint density at radius 2 is 1.11 bits per heavy atom. The Bertz CT molecular complexity index is 1290. The first kappa shape index (κ1) is 38.6. The molecular formula is C35H49N3O9. The van der Waals surface area contributed by atoms with Crippen molar-refractivity contribution in [2.75, 3.05) is 6.54 Å². The third-order valence-corrected chi connectivity index (χ3v) is 6.27. The van der Waals surface area contributed by atoms with Gasteiger partial charge in [-0.25, -0.2) is 19.2 Å². The zero-order valence-corrected chi connectivity index (χ0v) is 28.3. The summed E-state index contributed by atoms with van der Waals surface area (Å²) in [5.41, 5.74) is 0.0251. The van der Waals surface area contributed by atoms with Crippen LogP contribution < -0.4 is 16.0 Å². The fourth-order valence-electron chi connectivity index (χ4n) is 4.11. The fourth-order valence-corrected chi connectivity index (χ4v) is 4.11. The van der Waals surface area contributed by atoms with Crippen LogP contribution in [-0.4, -0.2) is 59.9 Å². The summed E-state index contributed by atoms with van der Waals surface area (Å²) < 4.78 is 21.5. The second-order valence-electron chi connectivity index (χ2n) is 13.0. The van der Waals surface area contributed by atoms with E-state index in [1.54, 1.807) is 41.5 Å². The van der Waals surface area contributed by atoms with Gasteiger partial charge < -0.3 is 34.9 Å². The number of carbonyl (C=O) groups excluding carboxylic acids is 5. The van der Waals surface area contributed by atoms with Crippen LogP contribution in [0.2, 0.25) is 0 Å². The van der Waals surface area contributed by atoms with Gasteiger partial charge in [0.05, 0.1) is 0 Å². The van der Waals surface area contributed by atoms with E-state index in [4.69, 9.17) is 18.9 Å². The largest absolute Gasteiger partial charge is 0.461 e. The molecule has 12 heteroatoms. The maximum atomic E-state index is 13.1. The highest BCUT2D eigenvalue weighted by Crippen LogP contribution is 2.14. The van der Waals surface area contributed by atoms with Crippen LogP contribution in [0, 0.1) is 0 Å². The van der Waals surface area contributed by atoms with Gasteiger partial charge in [-0.3, -0.25) is 4.79 Å². The van der Waals surface area contributed by atoms with E-state index < -0.39 is 53.3 Å². The Morgan fingerprint density at radius 1 is 0.638 bits per heavy atom. The zero-order chi connectivity index (χ0) is 34.9. The molecule has 2 aromatic rings. The van der Waals surface area contributed by atoms with Crippen LogP contribution in [0.1, 0.15) is 84.8 Å². The molecule has 3 amide bonds. The van der Waals surface area contributed by atoms with Crippen molar-refractivity contribution in [3.05, 3.63) is 71.8 Å². The van der Waals surface area contributed by atoms with Gasteiger partial charge in [0.1, 0.15) is 36.5 Å². The van der Waals surface area contributed by atoms with Crippen LogP contribution in [0.25, 0.3) is 0 Å². The molecule has 3 N–H and O–H groups in total. The average molecular weight is 656 g/mol. The van der Waals surface area contributed by atoms with Crippen molar-refractivity contribution < 1.29 is 42.9 Å². The lowest BCUT2D eigenvalue weighted by Crippen LogP contribution is -2.53. The Kier molecular flexibility index (Phi) is 15.7. The molecule has 0 heterocycles. The van der Waals surface area contributed by atoms with Crippen LogP contribution in [0.5, 0.6) is 0 Å². The highest BCUT2D eigenvalue weighted by atomic mass is 16.6. The second-order valence-corrected chi connectivity index (χ2v) is 13.0. The van der Waals surface area contributed by atoms with Gasteiger partial charge in [0, 0.05) is 13.0 Å². The summed E-state index contributed by atoms with van der Waals surface area (Å²) in [5.74, 6) is -1.93. The minimum absolute atomic E-state index is 0.0760. The fraction of sp³-hybridized carbons (Fsp3) is 0.514. The number of rotatable bonds is 16. The van der Waals surface area contributed by atoms with Crippen LogP contribution >= 0.6 is 0 Å². The van der Waals surface area contributed by atoms with Gasteiger partial charge in [-0.1, -0.05) is 60.7 Å². The maximum absolute atomic E-state index is 13.1. The molecule has 0 aliphatic carbocycles. The molecule has 12 nitrogen and oxygen atoms in total. The molecule has 2 rings (SSSR count). The van der Waals surface area contributed by atoms with Gasteiger partial charge in [0.15, 0.2) is 0 Å². The van der Waals surface area contributed by atoms with E-state index in [-0.39, 0.29) is 32.5 Å². The molecule has 0 aliphatic heterocycles. The Morgan fingerprint density at radius 3 is 1.60 bits per heavy atom. The molecule has 2 unspecified atom stereocenters. The van der Waals surface area contributed by atoms with E-state index in [1.807, 2.05) is 60.7 Å². The topological polar surface area (TPSA) is 158 Å². The standard InChI is InChI=1S/C35H49N3O9/c1-34(2,3)46-30(40)27(19-13-14-22-36-33(43)45-24-26-17-11-8-12-18-26)37-32(42)38-28(31(41)47-35(4,5)6)20-21-29(39)44-23-25-15-9-7-10-16-25/h7-12,15-18,27-28H,13-14,19-24H2,1-6H3,(H,36,43)(H2,37,38,42). The number of nitrogens with one attached hydrogen (secondary N) is 3. The molecule has 0 fully saturated rings. The summed E-state index contributed by atoms with van der Waals surface area (Å²) in [5, 5.41) is 7.81. The highest BCUT2D eigenvalue weighted by molar-refractivity contribution is 5.87. The summed E-state index contributed by atoms with van der Waals surface area (Å²) in [7, 11) is 0. The first-order valence-corrected chi connectivity index (χ1v) is 15.8. The highest BCUT2D eigenvalue weighted by Gasteiger charge is 2.31. The van der Waals surface area contributed by atoms with Gasteiger partial charge in [-0.15, -0.1) is 0 Å². The van der Waals surface area contributed by atoms with Crippen LogP contribution in [0.3, 0.4) is 0 Å². The van der Waals surface area contributed by atoms with E-state index in [9.17, 15) is 24.0 Å². The monoisotopic (exact) mass is 655 g/mol. The van der Waals surface area contributed by atoms with Crippen molar-refractivity contribution in [3.63, 3.8) is 0 Å². The van der Waals surface area contributed by atoms with E-state index in [2.05, 4.69) is 16.0 Å². The number of ether oxygens (including phenoxy) is 4. The van der Waals surface area contributed by atoms with Crippen molar-refractivity contribution >= 4 is 30.0 Å². The Labute approximate surface area is 277 Å². The van der Waals surface area contributed by atoms with Gasteiger partial charge in [-0.2, -0.15) is 0 Å². The van der Waals surface area contributed by atoms with Crippen molar-refractivity contribution in [2.45, 2.75) is 110 Å². The summed E-state index contributed by atoms with van der Waals surface area (Å²) >= 11 is 0. The second kappa shape index (κ2) is 19.1. The Hall–Kier alpha value is -4.61. The molecule has 0 bridgehead atoms. The van der Waals surface area contributed by atoms with Gasteiger partial charge in [0.25, 0.3) is 0 Å². The quantitative estimate of drug-likeness (QED) is 0.124. The summed E-state index contributed by atoms with van der Waals surface area (Å²) in [6.07, 6.45) is 0.339. The number of urea groups is 1. The summed E-state index contributed by atoms with van der Waals surface area (Å²) in [6.45, 7) is 10.7. The molecule has 0 saturated heterocycles. The minimum Gasteiger partial charge on any atom is -0.461 e. The summed E-state index contributed by atoms with van der Waals surface area (Å²) in [6, 6.07) is 15.4. The third-order valence-electron chi connectivity index (χ3n) is 6.27. The van der Waals surface area contributed by atoms with Crippen LogP contribution in [0.4, 0.5) is 9.59 Å². The molecule has 2 atom stereocenters. The third kappa shape index (κ3) is 17.6. The molecule has 2 aromatic carbocycles. The van der Waals surface area contributed by atoms with Crippen molar-refractivity contribution in [2.24, 2.45) is 0 Å². The molecule has 258 valence electrons. The van der Waals surface area contributed by atoms with Crippen LogP contribution in [0.15, 0.2) is 60.7 Å². The van der Waals surface area contributed by atoms with E-state index in [0.29, 0.717) is 19.4 Å². The van der Waals surface area contributed by atoms with Gasteiger partial charge in [-0.05, 0) is 78.4 Å². The first-order valence-electron chi connectivity index (χ1n) is 15.8. The molecule has 0 aromatic heterocycles. The molecule has 47 heavy (non-hydrogen) atoms. The predicted octanol–water partition coefficient (Wildman–Crippen LogP) is 5.33. The first-order chi connectivity index (χ1) is 22.1. The van der Waals surface area contributed by atoms with E-state index in [1.165, 1.54) is 0 Å². The number of esters is 3. The number of carbonyl (C=O) groups is 5. The molecule has 0 spiro atoms. The van der Waals surface area contributed by atoms with Crippen molar-refractivity contribution in [1.82, 2.24) is 16.0 Å². The smallest absolute Gasteiger partial charge is 0.407 e. The van der Waals surface area contributed by atoms with Crippen molar-refractivity contribution in [3.8, 4) is 0 Å². The number of alkyl carbamates (subject to hydrolysis) is 1. The van der Waals surface area contributed by atoms with Gasteiger partial charge >= 0.3 is 30.0 Å². The number of benzene rings is 2. The van der Waals surface area contributed by atoms with E-state index >= 15 is 0 Å². The maximum Gasteiger partial charge on any atom is 0.407 e. The normalized spacial score (nSPS) is 12.6. The van der Waals surface area contributed by atoms with Crippen LogP contribution in [-0.2, 0) is 46.5 Å². The molecular weight excluding hydrogens is 606 g/mol. The van der Waals surface area contributed by atoms with Crippen molar-refractivity contribution in [1.29, 1.82) is 0 Å². The molecule has 0 saturated carbocycles. The lowest BCUT2D eigenvalue weighted by atomic mass is 10.1. The van der Waals surface area contributed by atoms with Gasteiger partial charge in [0.2, 0.25) is 0 Å². The number of amides is 3. The van der Waals surface area contributed by atoms with E-state index in [0.717, 1.165) is 11.1 Å². The predicted molar refractivity (Wildman–Crippen MR) is 175 cm³/mol. The molecule has 0 radical (unpaired) electrons. The number of hydrogen-bond donors (Lipinski definition) is 3.